The molecule has 0 aromatic rings. The van der Waals surface area contributed by atoms with Crippen LogP contribution in [0.3, 0.4) is 0 Å². The van der Waals surface area contributed by atoms with Crippen molar-refractivity contribution < 1.29 is 14.7 Å². The molecular weight excluding hydrogens is 218 g/mol. The van der Waals surface area contributed by atoms with Gasteiger partial charge in [0.15, 0.2) is 0 Å². The average molecular weight is 237 g/mol. The largest absolute Gasteiger partial charge is 0.479 e. The molecule has 0 aromatic carbocycles. The minimum absolute atomic E-state index is 0.00292. The lowest BCUT2D eigenvalue weighted by atomic mass is 9.65. The van der Waals surface area contributed by atoms with Gasteiger partial charge in [-0.05, 0) is 30.6 Å². The minimum atomic E-state index is -0.934. The number of likely N-dealkylation sites (tertiary alicyclic amines) is 1. The molecule has 0 radical (unpaired) electrons. The number of aliphatic carboxylic acids is 1. The van der Waals surface area contributed by atoms with Crippen molar-refractivity contribution in [3.63, 3.8) is 0 Å². The summed E-state index contributed by atoms with van der Waals surface area (Å²) in [5.74, 6) is -0.428. The van der Waals surface area contributed by atoms with Gasteiger partial charge in [-0.1, -0.05) is 13.8 Å². The number of carbonyl (C=O) groups is 2. The first-order valence-corrected chi connectivity index (χ1v) is 6.31. The van der Waals surface area contributed by atoms with Crippen LogP contribution in [0.2, 0.25) is 0 Å². The Morgan fingerprint density at radius 2 is 2.00 bits per heavy atom. The van der Waals surface area contributed by atoms with E-state index in [2.05, 4.69) is 13.8 Å². The number of hydrogen-bond acceptors (Lipinski definition) is 2. The van der Waals surface area contributed by atoms with Crippen molar-refractivity contribution in [3.05, 3.63) is 0 Å². The van der Waals surface area contributed by atoms with Gasteiger partial charge in [0.05, 0.1) is 0 Å². The Hall–Kier alpha value is -1.06. The van der Waals surface area contributed by atoms with E-state index in [1.165, 1.54) is 6.92 Å². The van der Waals surface area contributed by atoms with Crippen LogP contribution in [-0.2, 0) is 9.59 Å². The van der Waals surface area contributed by atoms with Gasteiger partial charge < -0.3 is 10.0 Å². The zero-order valence-corrected chi connectivity index (χ0v) is 10.6. The Balaban J connectivity index is 2.21. The number of amides is 1. The maximum Gasteiger partial charge on any atom is 0.330 e. The highest BCUT2D eigenvalue weighted by Gasteiger charge is 2.80. The molecule has 1 aliphatic heterocycles. The summed E-state index contributed by atoms with van der Waals surface area (Å²) in [6.45, 7) is 6.37. The molecule has 2 saturated carbocycles. The molecule has 3 rings (SSSR count). The molecule has 1 heterocycles. The highest BCUT2D eigenvalue weighted by molar-refractivity contribution is 5.89. The summed E-state index contributed by atoms with van der Waals surface area (Å²) >= 11 is 0. The first kappa shape index (κ1) is 11.1. The predicted molar refractivity (Wildman–Crippen MR) is 61.3 cm³/mol. The first-order valence-electron chi connectivity index (χ1n) is 6.31. The molecule has 0 spiro atoms. The standard InChI is InChI=1S/C13H19NO3/c1-8(15)14-7-11(2)9-4-5-12(11,3)13(14,6-9)10(16)17/h9H,4-7H2,1-3H3,(H,16,17)/t9-,11+,12+,13-/m1/s1. The van der Waals surface area contributed by atoms with Crippen molar-refractivity contribution in [2.45, 2.75) is 45.6 Å². The lowest BCUT2D eigenvalue weighted by molar-refractivity contribution is -0.163. The van der Waals surface area contributed by atoms with Crippen LogP contribution in [0.5, 0.6) is 0 Å². The molecule has 4 bridgehead atoms. The number of piperidine rings is 1. The SMILES string of the molecule is CC(=O)N1C[C@@]2(C)[C@@H]3CC[C@]2(C)[C@]1(C(=O)O)C3. The molecule has 3 fully saturated rings. The van der Waals surface area contributed by atoms with Crippen LogP contribution in [0.25, 0.3) is 0 Å². The second kappa shape index (κ2) is 2.68. The van der Waals surface area contributed by atoms with Gasteiger partial charge in [-0.25, -0.2) is 4.79 Å². The third-order valence-electron chi connectivity index (χ3n) is 6.29. The van der Waals surface area contributed by atoms with Gasteiger partial charge in [0.1, 0.15) is 5.54 Å². The number of carbonyl (C=O) groups excluding carboxylic acids is 1. The summed E-state index contributed by atoms with van der Waals surface area (Å²) in [6, 6.07) is 0. The number of hydrogen-bond donors (Lipinski definition) is 1. The van der Waals surface area contributed by atoms with Crippen LogP contribution in [0, 0.1) is 16.7 Å². The summed E-state index contributed by atoms with van der Waals surface area (Å²) in [5.41, 5.74) is -1.18. The van der Waals surface area contributed by atoms with E-state index < -0.39 is 11.5 Å². The normalized spacial score (nSPS) is 51.0. The van der Waals surface area contributed by atoms with Gasteiger partial charge in [-0.3, -0.25) is 4.79 Å². The molecule has 3 aliphatic rings. The van der Waals surface area contributed by atoms with Gasteiger partial charge in [0.25, 0.3) is 0 Å². The Kier molecular flexibility index (Phi) is 1.74. The van der Waals surface area contributed by atoms with Gasteiger partial charge in [-0.2, -0.15) is 0 Å². The van der Waals surface area contributed by atoms with E-state index in [4.69, 9.17) is 0 Å². The van der Waals surface area contributed by atoms with E-state index in [-0.39, 0.29) is 16.7 Å². The van der Waals surface area contributed by atoms with Gasteiger partial charge in [0, 0.05) is 18.9 Å². The van der Waals surface area contributed by atoms with Crippen LogP contribution >= 0.6 is 0 Å². The number of nitrogens with zero attached hydrogens (tertiary/aromatic N) is 1. The van der Waals surface area contributed by atoms with Crippen molar-refractivity contribution >= 4 is 11.9 Å². The third-order valence-corrected chi connectivity index (χ3v) is 6.29. The molecule has 17 heavy (non-hydrogen) atoms. The van der Waals surface area contributed by atoms with E-state index in [1.807, 2.05) is 0 Å². The summed E-state index contributed by atoms with van der Waals surface area (Å²) in [7, 11) is 0. The molecule has 4 atom stereocenters. The predicted octanol–water partition coefficient (Wildman–Crippen LogP) is 1.50. The van der Waals surface area contributed by atoms with E-state index in [0.29, 0.717) is 18.9 Å². The van der Waals surface area contributed by atoms with Crippen molar-refractivity contribution in [3.8, 4) is 0 Å². The number of rotatable bonds is 1. The lowest BCUT2D eigenvalue weighted by Gasteiger charge is -2.44. The molecule has 1 amide bonds. The second-order valence-electron chi connectivity index (χ2n) is 6.46. The molecule has 0 unspecified atom stereocenters. The van der Waals surface area contributed by atoms with Crippen molar-refractivity contribution in [1.29, 1.82) is 0 Å². The summed E-state index contributed by atoms with van der Waals surface area (Å²) in [6.07, 6.45) is 2.70. The first-order chi connectivity index (χ1) is 7.79. The van der Waals surface area contributed by atoms with Crippen LogP contribution in [0.1, 0.15) is 40.0 Å². The second-order valence-corrected chi connectivity index (χ2v) is 6.46. The molecular formula is C13H19NO3. The molecule has 0 aromatic heterocycles. The number of carboxylic acids is 1. The molecule has 1 N–H and O–H groups in total. The van der Waals surface area contributed by atoms with E-state index in [0.717, 1.165) is 12.8 Å². The summed E-state index contributed by atoms with van der Waals surface area (Å²) in [4.78, 5) is 25.2. The average Bonchev–Trinajstić information content (AvgIpc) is 2.68. The summed E-state index contributed by atoms with van der Waals surface area (Å²) < 4.78 is 0. The Labute approximate surface area is 101 Å². The van der Waals surface area contributed by atoms with Crippen LogP contribution in [0.4, 0.5) is 0 Å². The van der Waals surface area contributed by atoms with E-state index >= 15 is 0 Å². The van der Waals surface area contributed by atoms with Crippen LogP contribution < -0.4 is 0 Å². The van der Waals surface area contributed by atoms with E-state index in [1.54, 1.807) is 4.90 Å². The smallest absolute Gasteiger partial charge is 0.330 e. The molecule has 4 nitrogen and oxygen atoms in total. The van der Waals surface area contributed by atoms with Crippen molar-refractivity contribution in [1.82, 2.24) is 4.90 Å². The fourth-order valence-electron chi connectivity index (χ4n) is 5.10. The fraction of sp³-hybridized carbons (Fsp3) is 0.846. The quantitative estimate of drug-likeness (QED) is 0.752. The van der Waals surface area contributed by atoms with Gasteiger partial charge >= 0.3 is 5.97 Å². The Bertz CT molecular complexity index is 434. The van der Waals surface area contributed by atoms with Crippen molar-refractivity contribution in [2.75, 3.05) is 6.54 Å². The highest BCUT2D eigenvalue weighted by Crippen LogP contribution is 2.75. The molecule has 1 saturated heterocycles. The Morgan fingerprint density at radius 1 is 1.35 bits per heavy atom. The van der Waals surface area contributed by atoms with Gasteiger partial charge in [0.2, 0.25) is 5.91 Å². The monoisotopic (exact) mass is 237 g/mol. The fourth-order valence-corrected chi connectivity index (χ4v) is 5.10. The third kappa shape index (κ3) is 0.829. The Morgan fingerprint density at radius 3 is 2.47 bits per heavy atom. The minimum Gasteiger partial charge on any atom is -0.479 e. The number of carboxylic acid groups (broad SMARTS) is 1. The zero-order valence-electron chi connectivity index (χ0n) is 10.6. The van der Waals surface area contributed by atoms with E-state index in [9.17, 15) is 14.7 Å². The molecule has 2 aliphatic carbocycles. The highest BCUT2D eigenvalue weighted by atomic mass is 16.4. The topological polar surface area (TPSA) is 57.6 Å². The lowest BCUT2D eigenvalue weighted by Crippen LogP contribution is -2.60. The van der Waals surface area contributed by atoms with Gasteiger partial charge in [-0.15, -0.1) is 0 Å². The van der Waals surface area contributed by atoms with Crippen LogP contribution in [0.15, 0.2) is 0 Å². The molecule has 4 heteroatoms. The summed E-state index contributed by atoms with van der Waals surface area (Å²) in [5, 5.41) is 9.72. The molecule has 94 valence electrons. The van der Waals surface area contributed by atoms with Crippen molar-refractivity contribution in [2.24, 2.45) is 16.7 Å². The maximum atomic E-state index is 11.8. The zero-order chi connectivity index (χ0) is 12.6. The van der Waals surface area contributed by atoms with Crippen LogP contribution in [-0.4, -0.2) is 34.0 Å². The maximum absolute atomic E-state index is 11.8.